The largest absolute Gasteiger partial charge is 0.362 e. The summed E-state index contributed by atoms with van der Waals surface area (Å²) in [6.07, 6.45) is 6.39. The second-order valence-corrected chi connectivity index (χ2v) is 6.76. The van der Waals surface area contributed by atoms with Gasteiger partial charge in [0, 0.05) is 19.1 Å². The first-order valence-electron chi connectivity index (χ1n) is 8.55. The predicted octanol–water partition coefficient (Wildman–Crippen LogP) is -0.247. The number of likely N-dealkylation sites (tertiary alicyclic amines) is 1. The first-order chi connectivity index (χ1) is 11.1. The smallest absolute Gasteiger partial charge is 0.255 e. The molecule has 0 spiro atoms. The molecule has 0 aromatic heterocycles. The van der Waals surface area contributed by atoms with E-state index >= 15 is 0 Å². The van der Waals surface area contributed by atoms with Gasteiger partial charge < -0.3 is 15.0 Å². The minimum Gasteiger partial charge on any atom is -0.362 e. The Morgan fingerprint density at radius 1 is 1.13 bits per heavy atom. The summed E-state index contributed by atoms with van der Waals surface area (Å²) in [4.78, 5) is 38.7. The van der Waals surface area contributed by atoms with Crippen molar-refractivity contribution in [2.75, 3.05) is 39.4 Å². The quantitative estimate of drug-likeness (QED) is 0.706. The zero-order chi connectivity index (χ0) is 16.2. The van der Waals surface area contributed by atoms with Crippen molar-refractivity contribution in [3.8, 4) is 0 Å². The molecule has 0 aromatic rings. The van der Waals surface area contributed by atoms with Crippen LogP contribution >= 0.6 is 0 Å². The molecule has 1 aliphatic carbocycles. The van der Waals surface area contributed by atoms with Gasteiger partial charge in [-0.3, -0.25) is 19.3 Å². The number of morpholine rings is 1. The molecule has 3 rings (SSSR count). The predicted molar refractivity (Wildman–Crippen MR) is 82.5 cm³/mol. The summed E-state index contributed by atoms with van der Waals surface area (Å²) in [5.74, 6) is -0.682. The van der Waals surface area contributed by atoms with Crippen LogP contribution in [-0.2, 0) is 19.1 Å². The average Bonchev–Trinajstić information content (AvgIpc) is 3.19. The van der Waals surface area contributed by atoms with Gasteiger partial charge in [-0.2, -0.15) is 0 Å². The maximum absolute atomic E-state index is 12.0. The van der Waals surface area contributed by atoms with Crippen molar-refractivity contribution in [3.05, 3.63) is 0 Å². The Labute approximate surface area is 136 Å². The lowest BCUT2D eigenvalue weighted by Crippen LogP contribution is -2.50. The summed E-state index contributed by atoms with van der Waals surface area (Å²) in [5, 5.41) is 2.87. The lowest BCUT2D eigenvalue weighted by atomic mass is 10.1. The highest BCUT2D eigenvalue weighted by atomic mass is 16.5. The molecule has 3 amide bonds. The summed E-state index contributed by atoms with van der Waals surface area (Å²) < 4.78 is 4.83. The van der Waals surface area contributed by atoms with Gasteiger partial charge in [0.2, 0.25) is 5.91 Å². The molecular formula is C16H25N3O4. The van der Waals surface area contributed by atoms with E-state index in [4.69, 9.17) is 4.74 Å². The molecule has 1 saturated carbocycles. The fourth-order valence-corrected chi connectivity index (χ4v) is 3.78. The van der Waals surface area contributed by atoms with Crippen LogP contribution in [0.5, 0.6) is 0 Å². The Morgan fingerprint density at radius 3 is 2.52 bits per heavy atom. The number of amides is 3. The fourth-order valence-electron chi connectivity index (χ4n) is 3.78. The molecular weight excluding hydrogens is 298 g/mol. The normalized spacial score (nSPS) is 27.0. The molecule has 1 atom stereocenters. The number of hydrogen-bond donors (Lipinski definition) is 1. The molecule has 0 bridgehead atoms. The Bertz CT molecular complexity index is 460. The van der Waals surface area contributed by atoms with Crippen LogP contribution in [0.25, 0.3) is 0 Å². The van der Waals surface area contributed by atoms with Crippen LogP contribution in [0.15, 0.2) is 0 Å². The molecule has 1 unspecified atom stereocenters. The minimum atomic E-state index is -0.440. The van der Waals surface area contributed by atoms with Crippen molar-refractivity contribution in [1.82, 2.24) is 15.1 Å². The maximum atomic E-state index is 12.0. The number of nitrogens with zero attached hydrogens (tertiary/aromatic N) is 2. The van der Waals surface area contributed by atoms with E-state index in [1.165, 1.54) is 25.7 Å². The van der Waals surface area contributed by atoms with Crippen LogP contribution in [0.3, 0.4) is 0 Å². The van der Waals surface area contributed by atoms with E-state index in [0.717, 1.165) is 30.5 Å². The van der Waals surface area contributed by atoms with Crippen LogP contribution in [0.4, 0.5) is 0 Å². The SMILES string of the molecule is O=C(CN1C(=O)COCC1=O)NCC1CCN(C2CCCC2)C1. The third-order valence-electron chi connectivity index (χ3n) is 5.10. The molecule has 0 aromatic carbocycles. The van der Waals surface area contributed by atoms with E-state index < -0.39 is 11.8 Å². The molecule has 0 radical (unpaired) electrons. The number of nitrogens with one attached hydrogen (secondary N) is 1. The summed E-state index contributed by atoms with van der Waals surface area (Å²) in [5.41, 5.74) is 0. The molecule has 23 heavy (non-hydrogen) atoms. The Morgan fingerprint density at radius 2 is 1.83 bits per heavy atom. The Balaban J connectivity index is 1.39. The summed E-state index contributed by atoms with van der Waals surface area (Å²) in [7, 11) is 0. The van der Waals surface area contributed by atoms with Gasteiger partial charge in [-0.05, 0) is 31.7 Å². The summed E-state index contributed by atoms with van der Waals surface area (Å²) >= 11 is 0. The molecule has 2 aliphatic heterocycles. The monoisotopic (exact) mass is 323 g/mol. The van der Waals surface area contributed by atoms with Crippen molar-refractivity contribution in [2.45, 2.75) is 38.1 Å². The first kappa shape index (κ1) is 16.4. The van der Waals surface area contributed by atoms with Crippen LogP contribution in [0, 0.1) is 5.92 Å². The fraction of sp³-hybridized carbons (Fsp3) is 0.812. The average molecular weight is 323 g/mol. The van der Waals surface area contributed by atoms with Gasteiger partial charge in [0.25, 0.3) is 11.8 Å². The Hall–Kier alpha value is -1.47. The lowest BCUT2D eigenvalue weighted by Gasteiger charge is -2.25. The van der Waals surface area contributed by atoms with Gasteiger partial charge >= 0.3 is 0 Å². The third kappa shape index (κ3) is 4.09. The number of hydrogen-bond acceptors (Lipinski definition) is 5. The topological polar surface area (TPSA) is 78.9 Å². The zero-order valence-electron chi connectivity index (χ0n) is 13.5. The number of imide groups is 1. The molecule has 3 aliphatic rings. The molecule has 1 N–H and O–H groups in total. The lowest BCUT2D eigenvalue weighted by molar-refractivity contribution is -0.160. The molecule has 2 saturated heterocycles. The standard InChI is InChI=1S/C16H25N3O4/c20-14(9-19-15(21)10-23-11-16(19)22)17-7-12-5-6-18(8-12)13-3-1-2-4-13/h12-13H,1-11H2,(H,17,20). The molecule has 2 heterocycles. The molecule has 7 nitrogen and oxygen atoms in total. The second-order valence-electron chi connectivity index (χ2n) is 6.76. The van der Waals surface area contributed by atoms with Crippen molar-refractivity contribution in [3.63, 3.8) is 0 Å². The van der Waals surface area contributed by atoms with Crippen molar-refractivity contribution in [2.24, 2.45) is 5.92 Å². The highest BCUT2D eigenvalue weighted by molar-refractivity contribution is 6.01. The highest BCUT2D eigenvalue weighted by Crippen LogP contribution is 2.28. The highest BCUT2D eigenvalue weighted by Gasteiger charge is 2.31. The van der Waals surface area contributed by atoms with E-state index in [2.05, 4.69) is 10.2 Å². The molecule has 3 fully saturated rings. The van der Waals surface area contributed by atoms with Gasteiger partial charge in [0.1, 0.15) is 19.8 Å². The minimum absolute atomic E-state index is 0.127. The van der Waals surface area contributed by atoms with Gasteiger partial charge in [-0.1, -0.05) is 12.8 Å². The number of ether oxygens (including phenoxy) is 1. The molecule has 128 valence electrons. The van der Waals surface area contributed by atoms with Gasteiger partial charge in [-0.15, -0.1) is 0 Å². The van der Waals surface area contributed by atoms with E-state index in [1.807, 2.05) is 0 Å². The summed E-state index contributed by atoms with van der Waals surface area (Å²) in [6.45, 7) is 2.33. The van der Waals surface area contributed by atoms with Crippen molar-refractivity contribution >= 4 is 17.7 Å². The maximum Gasteiger partial charge on any atom is 0.255 e. The number of carbonyl (C=O) groups is 3. The third-order valence-corrected chi connectivity index (χ3v) is 5.10. The second kappa shape index (κ2) is 7.40. The van der Waals surface area contributed by atoms with Gasteiger partial charge in [0.15, 0.2) is 0 Å². The number of rotatable bonds is 5. The van der Waals surface area contributed by atoms with Crippen molar-refractivity contribution in [1.29, 1.82) is 0 Å². The van der Waals surface area contributed by atoms with E-state index in [9.17, 15) is 14.4 Å². The van der Waals surface area contributed by atoms with E-state index in [1.54, 1.807) is 0 Å². The van der Waals surface area contributed by atoms with Gasteiger partial charge in [-0.25, -0.2) is 0 Å². The van der Waals surface area contributed by atoms with Crippen LogP contribution in [0.2, 0.25) is 0 Å². The first-order valence-corrected chi connectivity index (χ1v) is 8.55. The van der Waals surface area contributed by atoms with Crippen LogP contribution in [0.1, 0.15) is 32.1 Å². The van der Waals surface area contributed by atoms with Crippen LogP contribution < -0.4 is 5.32 Å². The molecule has 7 heteroatoms. The Kier molecular flexibility index (Phi) is 5.27. The van der Waals surface area contributed by atoms with Crippen molar-refractivity contribution < 1.29 is 19.1 Å². The summed E-state index contributed by atoms with van der Waals surface area (Å²) in [6, 6.07) is 0.735. The van der Waals surface area contributed by atoms with Gasteiger partial charge in [0.05, 0.1) is 0 Å². The van der Waals surface area contributed by atoms with E-state index in [0.29, 0.717) is 12.5 Å². The zero-order valence-corrected chi connectivity index (χ0v) is 13.5. The number of carbonyl (C=O) groups excluding carboxylic acids is 3. The van der Waals surface area contributed by atoms with Crippen LogP contribution in [-0.4, -0.2) is 73.0 Å². The van der Waals surface area contributed by atoms with E-state index in [-0.39, 0.29) is 25.7 Å².